The van der Waals surface area contributed by atoms with Crippen molar-refractivity contribution in [2.24, 2.45) is 5.41 Å². The van der Waals surface area contributed by atoms with Gasteiger partial charge < -0.3 is 28.9 Å². The number of hydrogen-bond donors (Lipinski definition) is 0. The van der Waals surface area contributed by atoms with Gasteiger partial charge in [-0.15, -0.1) is 0 Å². The molecule has 4 saturated heterocycles. The maximum Gasteiger partial charge on any atom is 0.410 e. The molecule has 0 aliphatic carbocycles. The Labute approximate surface area is 317 Å². The molecule has 6 heterocycles. The van der Waals surface area contributed by atoms with E-state index < -0.39 is 5.60 Å². The quantitative estimate of drug-likeness (QED) is 0.193. The van der Waals surface area contributed by atoms with E-state index >= 15 is 0 Å². The summed E-state index contributed by atoms with van der Waals surface area (Å²) in [6, 6.07) is 6.36. The Morgan fingerprint density at radius 1 is 1.02 bits per heavy atom. The second-order valence-electron chi connectivity index (χ2n) is 16.8. The van der Waals surface area contributed by atoms with Gasteiger partial charge in [-0.25, -0.2) is 19.4 Å². The molecular weight excluding hydrogens is 690 g/mol. The van der Waals surface area contributed by atoms with Crippen molar-refractivity contribution in [1.82, 2.24) is 29.5 Å². The van der Waals surface area contributed by atoms with Crippen LogP contribution in [0.3, 0.4) is 0 Å². The van der Waals surface area contributed by atoms with Gasteiger partial charge in [0.2, 0.25) is 0 Å². The highest BCUT2D eigenvalue weighted by molar-refractivity contribution is 6.35. The zero-order valence-corrected chi connectivity index (χ0v) is 33.0. The molecule has 11 nitrogen and oxygen atoms in total. The first-order chi connectivity index (χ1) is 25.4. The second kappa shape index (κ2) is 14.2. The molecule has 4 aromatic rings. The van der Waals surface area contributed by atoms with Crippen LogP contribution in [-0.2, 0) is 9.47 Å². The summed E-state index contributed by atoms with van der Waals surface area (Å²) in [5, 5.41) is 7.41. The SMILES string of the molecule is CCOc1c(-c2c(C)ccc3c2cnn3C2CCCCO2)c(Cl)cc2c(N3CCC4(CC3)CN(C(=O)OC(C)(C)C)C4)nc(C3CCN(C)CC3)nc12. The van der Waals surface area contributed by atoms with Crippen LogP contribution in [0.15, 0.2) is 24.4 Å². The van der Waals surface area contributed by atoms with Gasteiger partial charge in [0.05, 0.1) is 23.3 Å². The number of amides is 1. The van der Waals surface area contributed by atoms with Crippen LogP contribution in [0, 0.1) is 12.3 Å². The first-order valence-electron chi connectivity index (χ1n) is 19.6. The van der Waals surface area contributed by atoms with Crippen molar-refractivity contribution < 1.29 is 19.0 Å². The number of halogens is 1. The average Bonchev–Trinajstić information content (AvgIpc) is 3.55. The molecule has 4 aliphatic rings. The highest BCUT2D eigenvalue weighted by Gasteiger charge is 2.48. The molecular formula is C41H54ClN7O4. The number of anilines is 1. The minimum atomic E-state index is -0.499. The lowest BCUT2D eigenvalue weighted by Crippen LogP contribution is -2.62. The molecule has 53 heavy (non-hydrogen) atoms. The molecule has 2 aromatic heterocycles. The third-order valence-corrected chi connectivity index (χ3v) is 12.1. The number of likely N-dealkylation sites (tertiary alicyclic amines) is 2. The number of aromatic nitrogens is 4. The van der Waals surface area contributed by atoms with Crippen LogP contribution in [0.5, 0.6) is 5.75 Å². The summed E-state index contributed by atoms with van der Waals surface area (Å²) >= 11 is 7.43. The summed E-state index contributed by atoms with van der Waals surface area (Å²) in [4.78, 5) is 30.2. The van der Waals surface area contributed by atoms with Crippen molar-refractivity contribution >= 4 is 45.3 Å². The molecule has 1 spiro atoms. The monoisotopic (exact) mass is 743 g/mol. The number of hydrogen-bond acceptors (Lipinski definition) is 9. The van der Waals surface area contributed by atoms with Crippen LogP contribution in [0.2, 0.25) is 5.02 Å². The third kappa shape index (κ3) is 6.93. The fraction of sp³-hybridized carbons (Fsp3) is 0.610. The van der Waals surface area contributed by atoms with Crippen molar-refractivity contribution in [2.75, 3.05) is 64.4 Å². The number of benzene rings is 2. The van der Waals surface area contributed by atoms with Crippen molar-refractivity contribution in [3.8, 4) is 16.9 Å². The highest BCUT2D eigenvalue weighted by Crippen LogP contribution is 2.49. The number of carbonyl (C=O) groups is 1. The molecule has 8 rings (SSSR count). The van der Waals surface area contributed by atoms with Gasteiger partial charge in [-0.1, -0.05) is 17.7 Å². The number of nitrogens with zero attached hydrogens (tertiary/aromatic N) is 7. The molecule has 1 amide bonds. The minimum absolute atomic E-state index is 0.0772. The van der Waals surface area contributed by atoms with Crippen molar-refractivity contribution in [3.63, 3.8) is 0 Å². The average molecular weight is 744 g/mol. The normalized spacial score (nSPS) is 21.4. The molecule has 2 aromatic carbocycles. The lowest BCUT2D eigenvalue weighted by molar-refractivity contribution is -0.0434. The molecule has 0 radical (unpaired) electrons. The van der Waals surface area contributed by atoms with Gasteiger partial charge in [-0.05, 0) is 117 Å². The van der Waals surface area contributed by atoms with Gasteiger partial charge >= 0.3 is 6.09 Å². The largest absolute Gasteiger partial charge is 0.491 e. The Morgan fingerprint density at radius 3 is 2.45 bits per heavy atom. The van der Waals surface area contributed by atoms with Crippen LogP contribution < -0.4 is 9.64 Å². The molecule has 4 aliphatic heterocycles. The molecule has 4 fully saturated rings. The van der Waals surface area contributed by atoms with Crippen LogP contribution in [0.25, 0.3) is 32.9 Å². The van der Waals surface area contributed by atoms with Gasteiger partial charge in [-0.3, -0.25) is 0 Å². The van der Waals surface area contributed by atoms with E-state index in [4.69, 9.17) is 40.9 Å². The molecule has 284 valence electrons. The number of carbonyl (C=O) groups excluding carboxylic acids is 1. The van der Waals surface area contributed by atoms with E-state index in [1.807, 2.05) is 43.5 Å². The summed E-state index contributed by atoms with van der Waals surface area (Å²) in [5.74, 6) is 2.76. The summed E-state index contributed by atoms with van der Waals surface area (Å²) in [6.45, 7) is 16.3. The van der Waals surface area contributed by atoms with E-state index in [9.17, 15) is 4.79 Å². The number of aryl methyl sites for hydroxylation is 1. The Bertz CT molecular complexity index is 2000. The van der Waals surface area contributed by atoms with Crippen LogP contribution in [0.1, 0.15) is 96.2 Å². The van der Waals surface area contributed by atoms with E-state index in [0.29, 0.717) is 17.4 Å². The van der Waals surface area contributed by atoms with Gasteiger partial charge in [0, 0.05) is 66.0 Å². The molecule has 0 saturated carbocycles. The number of rotatable bonds is 6. The minimum Gasteiger partial charge on any atom is -0.491 e. The Hall–Kier alpha value is -3.67. The predicted octanol–water partition coefficient (Wildman–Crippen LogP) is 8.35. The topological polar surface area (TPSA) is 98.1 Å². The van der Waals surface area contributed by atoms with Crippen LogP contribution in [0.4, 0.5) is 10.6 Å². The van der Waals surface area contributed by atoms with Crippen LogP contribution in [-0.4, -0.2) is 101 Å². The molecule has 12 heteroatoms. The van der Waals surface area contributed by atoms with E-state index in [1.165, 1.54) is 0 Å². The third-order valence-electron chi connectivity index (χ3n) is 11.8. The van der Waals surface area contributed by atoms with E-state index in [0.717, 1.165) is 141 Å². The van der Waals surface area contributed by atoms with E-state index in [2.05, 4.69) is 42.0 Å². The zero-order chi connectivity index (χ0) is 37.1. The molecule has 1 unspecified atom stereocenters. The number of piperidine rings is 2. The molecule has 0 bridgehead atoms. The smallest absolute Gasteiger partial charge is 0.410 e. The predicted molar refractivity (Wildman–Crippen MR) is 209 cm³/mol. The molecule has 0 N–H and O–H groups in total. The Morgan fingerprint density at radius 2 is 1.77 bits per heavy atom. The standard InChI is InChI=1S/C41H54ClN7O4/c1-7-51-36-34(33-26(2)11-12-31-29(33)23-43-49(31)32-10-8-9-21-52-32)30(42)22-28-35(36)44-37(27-13-17-46(6)18-14-27)45-38(28)47-19-15-41(16-20-47)24-48(25-41)39(50)53-40(3,4)5/h11-12,22-23,27,32H,7-10,13-21,24-25H2,1-6H3. The summed E-state index contributed by atoms with van der Waals surface area (Å²) in [7, 11) is 2.18. The maximum absolute atomic E-state index is 12.8. The molecule has 1 atom stereocenters. The van der Waals surface area contributed by atoms with Gasteiger partial charge in [0.15, 0.2) is 12.0 Å². The van der Waals surface area contributed by atoms with Crippen molar-refractivity contribution in [2.45, 2.75) is 97.3 Å². The van der Waals surface area contributed by atoms with Crippen molar-refractivity contribution in [1.29, 1.82) is 0 Å². The Kier molecular flexibility index (Phi) is 9.73. The summed E-state index contributed by atoms with van der Waals surface area (Å²) in [6.07, 6.45) is 8.78. The van der Waals surface area contributed by atoms with Crippen LogP contribution >= 0.6 is 11.6 Å². The fourth-order valence-corrected chi connectivity index (χ4v) is 9.14. The Balaban J connectivity index is 1.20. The highest BCUT2D eigenvalue weighted by atomic mass is 35.5. The number of fused-ring (bicyclic) bond motifs is 2. The lowest BCUT2D eigenvalue weighted by atomic mass is 9.72. The van der Waals surface area contributed by atoms with E-state index in [-0.39, 0.29) is 23.7 Å². The van der Waals surface area contributed by atoms with Crippen molar-refractivity contribution in [3.05, 3.63) is 40.8 Å². The first-order valence-corrected chi connectivity index (χ1v) is 20.0. The van der Waals surface area contributed by atoms with Gasteiger partial charge in [-0.2, -0.15) is 5.10 Å². The van der Waals surface area contributed by atoms with E-state index in [1.54, 1.807) is 0 Å². The maximum atomic E-state index is 12.8. The van der Waals surface area contributed by atoms with Gasteiger partial charge in [0.1, 0.15) is 22.8 Å². The summed E-state index contributed by atoms with van der Waals surface area (Å²) in [5.41, 5.74) is 4.40. The lowest BCUT2D eigenvalue weighted by Gasteiger charge is -2.53. The zero-order valence-electron chi connectivity index (χ0n) is 32.2. The van der Waals surface area contributed by atoms with Gasteiger partial charge in [0.25, 0.3) is 0 Å². The first kappa shape index (κ1) is 36.3. The summed E-state index contributed by atoms with van der Waals surface area (Å²) < 4.78 is 20.5. The second-order valence-corrected chi connectivity index (χ2v) is 17.2. The fourth-order valence-electron chi connectivity index (χ4n) is 8.85. The number of ether oxygens (including phenoxy) is 3.